The molecular weight excluding hydrogens is 652 g/mol. The lowest BCUT2D eigenvalue weighted by Gasteiger charge is -2.27. The Morgan fingerprint density at radius 1 is 0.980 bits per heavy atom. The molecule has 1 aliphatic rings. The SMILES string of the molecule is C=C(CCCNC(=O)OC(C)(C)C)c1nc2cc(-c3ccc4cc(-c5c[nH]c([C@@H]6CCCN6C(=O)OC(C)(C)C)n5)ccc4c3)c(Cl)cc2[nH]1. The highest BCUT2D eigenvalue weighted by molar-refractivity contribution is 6.34. The summed E-state index contributed by atoms with van der Waals surface area (Å²) in [6.07, 6.45) is 4.27. The highest BCUT2D eigenvalue weighted by Crippen LogP contribution is 2.36. The maximum atomic E-state index is 12.8. The van der Waals surface area contributed by atoms with Crippen LogP contribution < -0.4 is 5.32 Å². The first kappa shape index (κ1) is 35.0. The van der Waals surface area contributed by atoms with E-state index in [-0.39, 0.29) is 12.1 Å². The zero-order chi connectivity index (χ0) is 35.8. The summed E-state index contributed by atoms with van der Waals surface area (Å²) in [5.74, 6) is 1.47. The minimum atomic E-state index is -0.550. The van der Waals surface area contributed by atoms with Crippen molar-refractivity contribution in [3.63, 3.8) is 0 Å². The Labute approximate surface area is 297 Å². The van der Waals surface area contributed by atoms with Gasteiger partial charge in [-0.1, -0.05) is 42.4 Å². The molecule has 0 radical (unpaired) electrons. The third kappa shape index (κ3) is 8.13. The Bertz CT molecular complexity index is 2070. The van der Waals surface area contributed by atoms with Crippen LogP contribution in [0, 0.1) is 0 Å². The summed E-state index contributed by atoms with van der Waals surface area (Å²) in [5.41, 5.74) is 5.07. The highest BCUT2D eigenvalue weighted by atomic mass is 35.5. The number of allylic oxidation sites excluding steroid dienone is 1. The molecule has 262 valence electrons. The van der Waals surface area contributed by atoms with Crippen LogP contribution in [0.1, 0.15) is 84.9 Å². The van der Waals surface area contributed by atoms with Crippen molar-refractivity contribution in [3.8, 4) is 22.4 Å². The molecule has 3 N–H and O–H groups in total. The molecule has 50 heavy (non-hydrogen) atoms. The molecule has 0 saturated carbocycles. The van der Waals surface area contributed by atoms with Crippen molar-refractivity contribution in [1.82, 2.24) is 30.2 Å². The number of amides is 2. The summed E-state index contributed by atoms with van der Waals surface area (Å²) in [6, 6.07) is 16.3. The van der Waals surface area contributed by atoms with Crippen molar-refractivity contribution in [2.24, 2.45) is 0 Å². The first-order valence-electron chi connectivity index (χ1n) is 17.1. The number of aromatic amines is 2. The molecule has 1 aliphatic heterocycles. The highest BCUT2D eigenvalue weighted by Gasteiger charge is 2.35. The Morgan fingerprint density at radius 3 is 2.40 bits per heavy atom. The largest absolute Gasteiger partial charge is 0.444 e. The number of likely N-dealkylation sites (tertiary alicyclic amines) is 1. The van der Waals surface area contributed by atoms with E-state index in [0.717, 1.165) is 68.4 Å². The first-order chi connectivity index (χ1) is 23.6. The molecule has 11 heteroatoms. The zero-order valence-corrected chi connectivity index (χ0v) is 30.3. The number of benzene rings is 3. The molecule has 0 unspecified atom stereocenters. The van der Waals surface area contributed by atoms with E-state index in [1.54, 1.807) is 4.90 Å². The van der Waals surface area contributed by atoms with Crippen LogP contribution in [0.25, 0.3) is 49.8 Å². The van der Waals surface area contributed by atoms with Crippen molar-refractivity contribution >= 4 is 51.2 Å². The van der Waals surface area contributed by atoms with Gasteiger partial charge >= 0.3 is 12.2 Å². The smallest absolute Gasteiger partial charge is 0.410 e. The molecule has 2 amide bonds. The predicted molar refractivity (Wildman–Crippen MR) is 199 cm³/mol. The third-order valence-electron chi connectivity index (χ3n) is 8.47. The normalized spacial score (nSPS) is 15.1. The van der Waals surface area contributed by atoms with Gasteiger partial charge in [-0.05, 0) is 113 Å². The summed E-state index contributed by atoms with van der Waals surface area (Å²) in [6.45, 7) is 16.5. The van der Waals surface area contributed by atoms with Gasteiger partial charge in [0.2, 0.25) is 0 Å². The molecule has 1 saturated heterocycles. The van der Waals surface area contributed by atoms with Gasteiger partial charge in [-0.15, -0.1) is 0 Å². The average molecular weight is 697 g/mol. The Kier molecular flexibility index (Phi) is 9.68. The molecule has 3 aromatic carbocycles. The van der Waals surface area contributed by atoms with Gasteiger partial charge in [0.15, 0.2) is 0 Å². The summed E-state index contributed by atoms with van der Waals surface area (Å²) in [4.78, 5) is 42.9. The minimum Gasteiger partial charge on any atom is -0.444 e. The van der Waals surface area contributed by atoms with Crippen molar-refractivity contribution in [2.75, 3.05) is 13.1 Å². The van der Waals surface area contributed by atoms with Gasteiger partial charge in [0, 0.05) is 30.4 Å². The molecule has 6 rings (SSSR count). The number of halogens is 1. The van der Waals surface area contributed by atoms with Crippen LogP contribution >= 0.6 is 11.6 Å². The van der Waals surface area contributed by atoms with Crippen LogP contribution in [0.5, 0.6) is 0 Å². The first-order valence-corrected chi connectivity index (χ1v) is 17.4. The molecular formula is C39H45ClN6O4. The number of nitrogens with one attached hydrogen (secondary N) is 3. The van der Waals surface area contributed by atoms with E-state index in [2.05, 4.69) is 58.3 Å². The Hall–Kier alpha value is -4.83. The second kappa shape index (κ2) is 13.8. The van der Waals surface area contributed by atoms with Crippen molar-refractivity contribution in [2.45, 2.75) is 84.5 Å². The lowest BCUT2D eigenvalue weighted by molar-refractivity contribution is 0.0218. The Balaban J connectivity index is 1.14. The number of alkyl carbamates (subject to hydrolysis) is 1. The monoisotopic (exact) mass is 696 g/mol. The van der Waals surface area contributed by atoms with Crippen LogP contribution in [0.3, 0.4) is 0 Å². The van der Waals surface area contributed by atoms with Gasteiger partial charge in [0.25, 0.3) is 0 Å². The van der Waals surface area contributed by atoms with Gasteiger partial charge < -0.3 is 24.8 Å². The van der Waals surface area contributed by atoms with E-state index < -0.39 is 17.3 Å². The molecule has 1 fully saturated rings. The fourth-order valence-electron chi connectivity index (χ4n) is 6.16. The maximum absolute atomic E-state index is 12.8. The van der Waals surface area contributed by atoms with Gasteiger partial charge in [-0.2, -0.15) is 0 Å². The van der Waals surface area contributed by atoms with Gasteiger partial charge in [0.05, 0.1) is 27.8 Å². The van der Waals surface area contributed by atoms with Crippen molar-refractivity contribution in [1.29, 1.82) is 0 Å². The maximum Gasteiger partial charge on any atom is 0.410 e. The van der Waals surface area contributed by atoms with E-state index in [9.17, 15) is 9.59 Å². The number of hydrogen-bond acceptors (Lipinski definition) is 6. The second-order valence-electron chi connectivity index (χ2n) is 14.8. The van der Waals surface area contributed by atoms with Crippen LogP contribution in [0.15, 0.2) is 61.3 Å². The number of rotatable bonds is 8. The number of H-pyrrole nitrogens is 2. The average Bonchev–Trinajstić information content (AvgIpc) is 3.80. The number of nitrogens with zero attached hydrogens (tertiary/aromatic N) is 3. The molecule has 0 bridgehead atoms. The lowest BCUT2D eigenvalue weighted by Crippen LogP contribution is -2.36. The summed E-state index contributed by atoms with van der Waals surface area (Å²) < 4.78 is 10.9. The van der Waals surface area contributed by atoms with E-state index in [1.165, 1.54) is 0 Å². The van der Waals surface area contributed by atoms with Crippen LogP contribution in [-0.4, -0.2) is 61.3 Å². The van der Waals surface area contributed by atoms with Crippen LogP contribution in [0.4, 0.5) is 9.59 Å². The summed E-state index contributed by atoms with van der Waals surface area (Å²) in [7, 11) is 0. The van der Waals surface area contributed by atoms with Crippen molar-refractivity contribution in [3.05, 3.63) is 78.0 Å². The molecule has 10 nitrogen and oxygen atoms in total. The predicted octanol–water partition coefficient (Wildman–Crippen LogP) is 9.82. The third-order valence-corrected chi connectivity index (χ3v) is 8.78. The minimum absolute atomic E-state index is 0.138. The molecule has 5 aromatic rings. The van der Waals surface area contributed by atoms with E-state index in [1.807, 2.05) is 59.9 Å². The number of hydrogen-bond donors (Lipinski definition) is 3. The molecule has 0 aliphatic carbocycles. The van der Waals surface area contributed by atoms with E-state index in [4.69, 9.17) is 31.0 Å². The Morgan fingerprint density at radius 2 is 1.68 bits per heavy atom. The standard InChI is InChI=1S/C39H45ClN6O4/c1-23(10-8-16-41-36(47)49-38(2,3)4)34-43-30-20-28(29(40)21-31(30)44-34)26-14-12-25-19-27(15-13-24(25)18-26)32-22-42-35(45-32)33-11-9-17-46(33)37(48)50-39(5,6)7/h12-15,18-22,33H,1,8-11,16-17H2,2-7H3,(H,41,47)(H,42,45)(H,43,44)/t33-/m0/s1. The number of aromatic nitrogens is 4. The van der Waals surface area contributed by atoms with Crippen LogP contribution in [-0.2, 0) is 9.47 Å². The fourth-order valence-corrected chi connectivity index (χ4v) is 6.43. The molecule has 3 heterocycles. The molecule has 1 atom stereocenters. The number of carbonyl (C=O) groups excluding carboxylic acids is 2. The van der Waals surface area contributed by atoms with Crippen molar-refractivity contribution < 1.29 is 19.1 Å². The number of fused-ring (bicyclic) bond motifs is 2. The van der Waals surface area contributed by atoms with Gasteiger partial charge in [-0.3, -0.25) is 4.90 Å². The van der Waals surface area contributed by atoms with Gasteiger partial charge in [0.1, 0.15) is 22.9 Å². The van der Waals surface area contributed by atoms with E-state index >= 15 is 0 Å². The second-order valence-corrected chi connectivity index (χ2v) is 15.3. The summed E-state index contributed by atoms with van der Waals surface area (Å²) in [5, 5.41) is 5.54. The fraction of sp³-hybridized carbons (Fsp3) is 0.385. The van der Waals surface area contributed by atoms with E-state index in [0.29, 0.717) is 36.8 Å². The quantitative estimate of drug-likeness (QED) is 0.139. The molecule has 0 spiro atoms. The number of carbonyl (C=O) groups is 2. The van der Waals surface area contributed by atoms with Gasteiger partial charge in [-0.25, -0.2) is 19.6 Å². The topological polar surface area (TPSA) is 125 Å². The lowest BCUT2D eigenvalue weighted by atomic mass is 9.99. The zero-order valence-electron chi connectivity index (χ0n) is 29.6. The number of imidazole rings is 2. The van der Waals surface area contributed by atoms with Crippen LogP contribution in [0.2, 0.25) is 5.02 Å². The molecule has 2 aromatic heterocycles. The number of ether oxygens (including phenoxy) is 2. The summed E-state index contributed by atoms with van der Waals surface area (Å²) >= 11 is 6.81.